The Kier molecular flexibility index (Phi) is 5.32. The fourth-order valence-electron chi connectivity index (χ4n) is 0.408. The van der Waals surface area contributed by atoms with Gasteiger partial charge in [-0.25, -0.2) is 0 Å². The summed E-state index contributed by atoms with van der Waals surface area (Å²) in [4.78, 5) is 0. The van der Waals surface area contributed by atoms with Crippen molar-refractivity contribution in [2.75, 3.05) is 0 Å². The molecular formula is C9H13Br. The van der Waals surface area contributed by atoms with Gasteiger partial charge in [0, 0.05) is 4.48 Å². The first-order valence-corrected chi connectivity index (χ1v) is 4.15. The van der Waals surface area contributed by atoms with Gasteiger partial charge < -0.3 is 0 Å². The van der Waals surface area contributed by atoms with Gasteiger partial charge in [0.1, 0.15) is 0 Å². The minimum atomic E-state index is 1.03. The van der Waals surface area contributed by atoms with Crippen LogP contribution in [-0.4, -0.2) is 0 Å². The number of hydrogen-bond donors (Lipinski definition) is 0. The molecule has 0 aromatic carbocycles. The lowest BCUT2D eigenvalue weighted by Crippen LogP contribution is -1.68. The van der Waals surface area contributed by atoms with Crippen LogP contribution in [-0.2, 0) is 0 Å². The molecule has 0 amide bonds. The summed E-state index contributed by atoms with van der Waals surface area (Å²) in [7, 11) is 0. The van der Waals surface area contributed by atoms with Gasteiger partial charge in [0.25, 0.3) is 0 Å². The van der Waals surface area contributed by atoms with Gasteiger partial charge in [-0.15, -0.1) is 0 Å². The third kappa shape index (κ3) is 4.57. The normalized spacial score (nSPS) is 13.5. The van der Waals surface area contributed by atoms with Crippen molar-refractivity contribution >= 4 is 15.9 Å². The highest BCUT2D eigenvalue weighted by Crippen LogP contribution is 2.07. The predicted octanol–water partition coefficient (Wildman–Crippen LogP) is 3.81. The van der Waals surface area contributed by atoms with Crippen LogP contribution in [0.3, 0.4) is 0 Å². The van der Waals surface area contributed by atoms with E-state index in [1.807, 2.05) is 6.08 Å². The molecule has 0 atom stereocenters. The first-order valence-electron chi connectivity index (χ1n) is 3.36. The summed E-state index contributed by atoms with van der Waals surface area (Å²) in [5, 5.41) is 0. The summed E-state index contributed by atoms with van der Waals surface area (Å²) >= 11 is 3.33. The van der Waals surface area contributed by atoms with Crippen LogP contribution in [0, 0.1) is 0 Å². The minimum absolute atomic E-state index is 1.03. The Morgan fingerprint density at radius 3 is 2.50 bits per heavy atom. The van der Waals surface area contributed by atoms with Crippen LogP contribution in [0.1, 0.15) is 20.3 Å². The van der Waals surface area contributed by atoms with E-state index in [0.717, 1.165) is 10.9 Å². The van der Waals surface area contributed by atoms with Crippen LogP contribution < -0.4 is 0 Å². The van der Waals surface area contributed by atoms with Crippen molar-refractivity contribution in [1.29, 1.82) is 0 Å². The molecule has 0 nitrogen and oxygen atoms in total. The summed E-state index contributed by atoms with van der Waals surface area (Å²) in [6.07, 6.45) is 6.98. The highest BCUT2D eigenvalue weighted by Gasteiger charge is 1.81. The van der Waals surface area contributed by atoms with Crippen molar-refractivity contribution < 1.29 is 0 Å². The van der Waals surface area contributed by atoms with Crippen molar-refractivity contribution in [2.45, 2.75) is 20.3 Å². The molecule has 0 fully saturated rings. The van der Waals surface area contributed by atoms with E-state index in [-0.39, 0.29) is 0 Å². The number of halogens is 1. The molecule has 0 unspecified atom stereocenters. The van der Waals surface area contributed by atoms with Crippen LogP contribution in [0.4, 0.5) is 0 Å². The van der Waals surface area contributed by atoms with E-state index in [1.165, 1.54) is 5.57 Å². The lowest BCUT2D eigenvalue weighted by molar-refractivity contribution is 1.10. The molecule has 0 saturated heterocycles. The zero-order valence-corrected chi connectivity index (χ0v) is 8.11. The van der Waals surface area contributed by atoms with Crippen LogP contribution in [0.5, 0.6) is 0 Å². The Hall–Kier alpha value is -0.300. The van der Waals surface area contributed by atoms with Crippen LogP contribution in [0.25, 0.3) is 0 Å². The molecule has 0 radical (unpaired) electrons. The fourth-order valence-corrected chi connectivity index (χ4v) is 0.540. The maximum atomic E-state index is 3.62. The van der Waals surface area contributed by atoms with Gasteiger partial charge in [-0.1, -0.05) is 47.2 Å². The van der Waals surface area contributed by atoms with Crippen molar-refractivity contribution in [3.8, 4) is 0 Å². The van der Waals surface area contributed by atoms with Crippen molar-refractivity contribution in [3.63, 3.8) is 0 Å². The molecule has 56 valence electrons. The topological polar surface area (TPSA) is 0 Å². The molecule has 0 saturated carbocycles. The van der Waals surface area contributed by atoms with Gasteiger partial charge in [-0.3, -0.25) is 0 Å². The first-order chi connectivity index (χ1) is 4.70. The van der Waals surface area contributed by atoms with Gasteiger partial charge in [0.05, 0.1) is 0 Å². The molecule has 0 aliphatic heterocycles. The smallest absolute Gasteiger partial charge is 0.0169 e. The Balaban J connectivity index is 4.03. The van der Waals surface area contributed by atoms with E-state index in [1.54, 1.807) is 6.08 Å². The minimum Gasteiger partial charge on any atom is -0.0979 e. The van der Waals surface area contributed by atoms with Crippen LogP contribution in [0.15, 0.2) is 34.9 Å². The van der Waals surface area contributed by atoms with Crippen molar-refractivity contribution in [1.82, 2.24) is 0 Å². The Morgan fingerprint density at radius 1 is 1.50 bits per heavy atom. The molecular weight excluding hydrogens is 188 g/mol. The highest BCUT2D eigenvalue weighted by atomic mass is 79.9. The quantitative estimate of drug-likeness (QED) is 0.609. The Morgan fingerprint density at radius 2 is 2.10 bits per heavy atom. The number of allylic oxidation sites excluding steroid dienone is 5. The molecule has 0 aliphatic carbocycles. The monoisotopic (exact) mass is 200 g/mol. The second-order valence-corrected chi connectivity index (χ2v) is 3.04. The summed E-state index contributed by atoms with van der Waals surface area (Å²) in [5.74, 6) is 0. The molecule has 10 heavy (non-hydrogen) atoms. The van der Waals surface area contributed by atoms with Crippen molar-refractivity contribution in [2.24, 2.45) is 0 Å². The maximum absolute atomic E-state index is 3.62. The standard InChI is InChI=1S/C9H13Br/c1-4-8(3)6-7-9(10)5-2/h5-7H,2,4H2,1,3H3. The Labute approximate surface area is 71.5 Å². The third-order valence-electron chi connectivity index (χ3n) is 1.28. The first kappa shape index (κ1) is 9.70. The largest absolute Gasteiger partial charge is 0.0979 e. The van der Waals surface area contributed by atoms with E-state index in [4.69, 9.17) is 0 Å². The van der Waals surface area contributed by atoms with E-state index < -0.39 is 0 Å². The van der Waals surface area contributed by atoms with Crippen LogP contribution in [0.2, 0.25) is 0 Å². The summed E-state index contributed by atoms with van der Waals surface area (Å²) in [5.41, 5.74) is 1.37. The average molecular weight is 201 g/mol. The molecule has 0 aliphatic rings. The second kappa shape index (κ2) is 5.48. The number of rotatable bonds is 3. The Bertz CT molecular complexity index is 164. The van der Waals surface area contributed by atoms with Gasteiger partial charge in [-0.05, 0) is 19.4 Å². The third-order valence-corrected chi connectivity index (χ3v) is 1.87. The molecule has 0 aromatic rings. The second-order valence-electron chi connectivity index (χ2n) is 2.12. The average Bonchev–Trinajstić information content (AvgIpc) is 1.99. The predicted molar refractivity (Wildman–Crippen MR) is 51.3 cm³/mol. The summed E-state index contributed by atoms with van der Waals surface area (Å²) in [6, 6.07) is 0. The molecule has 0 rings (SSSR count). The molecule has 1 heteroatoms. The van der Waals surface area contributed by atoms with Gasteiger partial charge in [0.15, 0.2) is 0 Å². The molecule has 0 heterocycles. The summed E-state index contributed by atoms with van der Waals surface area (Å²) < 4.78 is 1.03. The van der Waals surface area contributed by atoms with Gasteiger partial charge in [-0.2, -0.15) is 0 Å². The van der Waals surface area contributed by atoms with E-state index in [9.17, 15) is 0 Å². The van der Waals surface area contributed by atoms with E-state index in [0.29, 0.717) is 0 Å². The zero-order chi connectivity index (χ0) is 7.98. The summed E-state index contributed by atoms with van der Waals surface area (Å²) in [6.45, 7) is 7.87. The molecule has 0 aromatic heterocycles. The zero-order valence-electron chi connectivity index (χ0n) is 6.52. The highest BCUT2D eigenvalue weighted by molar-refractivity contribution is 9.11. The fraction of sp³-hybridized carbons (Fsp3) is 0.333. The lowest BCUT2D eigenvalue weighted by Gasteiger charge is -1.89. The SMILES string of the molecule is C=CC(Br)=CC=C(C)CC. The molecule has 0 spiro atoms. The van der Waals surface area contributed by atoms with Gasteiger partial charge >= 0.3 is 0 Å². The van der Waals surface area contributed by atoms with Crippen LogP contribution >= 0.6 is 15.9 Å². The maximum Gasteiger partial charge on any atom is 0.0169 e. The van der Waals surface area contributed by atoms with E-state index >= 15 is 0 Å². The van der Waals surface area contributed by atoms with Gasteiger partial charge in [0.2, 0.25) is 0 Å². The molecule has 0 bridgehead atoms. The number of hydrogen-bond acceptors (Lipinski definition) is 0. The van der Waals surface area contributed by atoms with E-state index in [2.05, 4.69) is 42.4 Å². The molecule has 0 N–H and O–H groups in total. The lowest BCUT2D eigenvalue weighted by atomic mass is 10.2. The van der Waals surface area contributed by atoms with Crippen molar-refractivity contribution in [3.05, 3.63) is 34.9 Å².